The van der Waals surface area contributed by atoms with Crippen LogP contribution in [0.5, 0.6) is 0 Å². The minimum absolute atomic E-state index is 0.00385. The van der Waals surface area contributed by atoms with E-state index in [0.717, 1.165) is 17.1 Å². The van der Waals surface area contributed by atoms with Crippen LogP contribution in [-0.4, -0.2) is 0 Å². The molecule has 0 amide bonds. The third kappa shape index (κ3) is 7.09. The van der Waals surface area contributed by atoms with E-state index >= 15 is 0 Å². The molecule has 1 nitrogen and oxygen atoms in total. The first kappa shape index (κ1) is 40.7. The van der Waals surface area contributed by atoms with Crippen molar-refractivity contribution in [1.29, 1.82) is 0 Å². The zero-order valence-electron chi connectivity index (χ0n) is 39.2. The summed E-state index contributed by atoms with van der Waals surface area (Å²) in [5.74, 6) is 0. The van der Waals surface area contributed by atoms with Gasteiger partial charge in [0, 0.05) is 16.9 Å². The SMILES string of the molecule is CC(C)(C)c1cc(-c2cccc3cccc(-c4ccccc4N(c4ccc(-c5cccc6c7cc-7cc56)cc4)c4cccc(-c5cccc6c5ccc5ccccc56)c4)c23)cc(C(C)(C)C)c1. The van der Waals surface area contributed by atoms with Crippen molar-refractivity contribution >= 4 is 60.2 Å². The van der Waals surface area contributed by atoms with Crippen LogP contribution in [0.25, 0.3) is 98.7 Å². The van der Waals surface area contributed by atoms with E-state index in [2.05, 4.69) is 259 Å². The highest BCUT2D eigenvalue weighted by Crippen LogP contribution is 2.49. The van der Waals surface area contributed by atoms with E-state index in [1.807, 2.05) is 0 Å². The molecule has 0 unspecified atom stereocenters. The molecular weight excluding hydrogens is 807 g/mol. The molecule has 0 saturated heterocycles. The molecular formula is C66H53N. The highest BCUT2D eigenvalue weighted by molar-refractivity contribution is 6.15. The molecule has 0 N–H and O–H groups in total. The van der Waals surface area contributed by atoms with Gasteiger partial charge < -0.3 is 4.90 Å². The number of hydrogen-bond donors (Lipinski definition) is 0. The molecule has 2 aliphatic carbocycles. The average Bonchev–Trinajstić information content (AvgIpc) is 4.03. The number of nitrogens with zero attached hydrogens (tertiary/aromatic N) is 1. The Labute approximate surface area is 394 Å². The Kier molecular flexibility index (Phi) is 9.38. The molecule has 0 atom stereocenters. The van der Waals surface area contributed by atoms with Crippen molar-refractivity contribution in [3.05, 3.63) is 223 Å². The normalized spacial score (nSPS) is 12.3. The minimum atomic E-state index is -0.00385. The fraction of sp³-hybridized carbons (Fsp3) is 0.121. The van der Waals surface area contributed by atoms with Crippen molar-refractivity contribution < 1.29 is 0 Å². The molecule has 0 aliphatic heterocycles. The lowest BCUT2D eigenvalue weighted by atomic mass is 9.78. The van der Waals surface area contributed by atoms with Crippen molar-refractivity contribution in [2.45, 2.75) is 52.4 Å². The van der Waals surface area contributed by atoms with Crippen LogP contribution in [0.3, 0.4) is 0 Å². The summed E-state index contributed by atoms with van der Waals surface area (Å²) in [5.41, 5.74) is 18.6. The summed E-state index contributed by atoms with van der Waals surface area (Å²) < 4.78 is 0. The quantitative estimate of drug-likeness (QED) is 0.144. The van der Waals surface area contributed by atoms with Crippen LogP contribution in [-0.2, 0) is 10.8 Å². The van der Waals surface area contributed by atoms with Gasteiger partial charge in [0.25, 0.3) is 0 Å². The van der Waals surface area contributed by atoms with E-state index in [-0.39, 0.29) is 10.8 Å². The van der Waals surface area contributed by atoms with Crippen molar-refractivity contribution in [1.82, 2.24) is 0 Å². The van der Waals surface area contributed by atoms with Gasteiger partial charge in [0.15, 0.2) is 0 Å². The summed E-state index contributed by atoms with van der Waals surface area (Å²) in [5, 5.41) is 10.2. The van der Waals surface area contributed by atoms with Crippen molar-refractivity contribution in [2.24, 2.45) is 0 Å². The first-order chi connectivity index (χ1) is 32.5. The molecule has 67 heavy (non-hydrogen) atoms. The molecule has 10 aromatic carbocycles. The summed E-state index contributed by atoms with van der Waals surface area (Å²) in [7, 11) is 0. The lowest BCUT2D eigenvalue weighted by Crippen LogP contribution is -2.16. The molecule has 12 rings (SSSR count). The van der Waals surface area contributed by atoms with E-state index in [1.165, 1.54) is 110 Å². The fourth-order valence-corrected chi connectivity index (χ4v) is 10.5. The van der Waals surface area contributed by atoms with Gasteiger partial charge >= 0.3 is 0 Å². The maximum atomic E-state index is 2.47. The van der Waals surface area contributed by atoms with Crippen molar-refractivity contribution in [3.8, 4) is 55.6 Å². The van der Waals surface area contributed by atoms with Crippen LogP contribution in [0.2, 0.25) is 0 Å². The van der Waals surface area contributed by atoms with E-state index in [4.69, 9.17) is 0 Å². The zero-order valence-corrected chi connectivity index (χ0v) is 39.2. The van der Waals surface area contributed by atoms with Crippen LogP contribution in [0.1, 0.15) is 52.7 Å². The Morgan fingerprint density at radius 2 is 0.851 bits per heavy atom. The highest BCUT2D eigenvalue weighted by atomic mass is 15.1. The van der Waals surface area contributed by atoms with E-state index in [0.29, 0.717) is 0 Å². The monoisotopic (exact) mass is 859 g/mol. The number of hydrogen-bond acceptors (Lipinski definition) is 1. The van der Waals surface area contributed by atoms with Crippen LogP contribution in [0, 0.1) is 0 Å². The lowest BCUT2D eigenvalue weighted by molar-refractivity contribution is 0.569. The first-order valence-electron chi connectivity index (χ1n) is 23.7. The number of benzene rings is 11. The Bertz CT molecular complexity index is 3720. The van der Waals surface area contributed by atoms with Gasteiger partial charge in [-0.05, 0) is 158 Å². The van der Waals surface area contributed by atoms with Crippen LogP contribution < -0.4 is 4.90 Å². The topological polar surface area (TPSA) is 3.24 Å². The zero-order chi connectivity index (χ0) is 45.6. The Hall–Kier alpha value is -7.74. The van der Waals surface area contributed by atoms with Gasteiger partial charge in [0.1, 0.15) is 0 Å². The van der Waals surface area contributed by atoms with Gasteiger partial charge in [-0.15, -0.1) is 0 Å². The second-order valence-corrected chi connectivity index (χ2v) is 20.6. The fourth-order valence-electron chi connectivity index (χ4n) is 10.5. The maximum Gasteiger partial charge on any atom is 0.0540 e. The maximum absolute atomic E-state index is 2.47. The van der Waals surface area contributed by atoms with Crippen molar-refractivity contribution in [2.75, 3.05) is 4.90 Å². The Balaban J connectivity index is 1.06. The second kappa shape index (κ2) is 15.4. The summed E-state index contributed by atoms with van der Waals surface area (Å²) in [6.07, 6.45) is 0. The molecule has 10 aromatic rings. The van der Waals surface area contributed by atoms with Crippen molar-refractivity contribution in [3.63, 3.8) is 0 Å². The molecule has 0 radical (unpaired) electrons. The largest absolute Gasteiger partial charge is 0.310 e. The predicted octanol–water partition coefficient (Wildman–Crippen LogP) is 19.0. The van der Waals surface area contributed by atoms with Gasteiger partial charge in [0.05, 0.1) is 5.69 Å². The predicted molar refractivity (Wildman–Crippen MR) is 289 cm³/mol. The first-order valence-corrected chi connectivity index (χ1v) is 23.7. The molecule has 322 valence electrons. The molecule has 0 aromatic heterocycles. The highest BCUT2D eigenvalue weighted by Gasteiger charge is 2.25. The summed E-state index contributed by atoms with van der Waals surface area (Å²) >= 11 is 0. The Morgan fingerprint density at radius 3 is 1.61 bits per heavy atom. The van der Waals surface area contributed by atoms with E-state index in [9.17, 15) is 0 Å². The van der Waals surface area contributed by atoms with Gasteiger partial charge in [0.2, 0.25) is 0 Å². The molecule has 2 aliphatic rings. The minimum Gasteiger partial charge on any atom is -0.310 e. The van der Waals surface area contributed by atoms with Gasteiger partial charge in [-0.3, -0.25) is 0 Å². The molecule has 0 bridgehead atoms. The summed E-state index contributed by atoms with van der Waals surface area (Å²) in [4.78, 5) is 2.47. The van der Waals surface area contributed by atoms with Gasteiger partial charge in [-0.2, -0.15) is 0 Å². The Morgan fingerprint density at radius 1 is 0.284 bits per heavy atom. The summed E-state index contributed by atoms with van der Waals surface area (Å²) in [6.45, 7) is 13.9. The van der Waals surface area contributed by atoms with E-state index in [1.54, 1.807) is 0 Å². The standard InChI is InChI=1S/C66H53N/c1-65(2,3)48-36-46(37-49(41-48)66(4,5)6)55-25-12-17-44-18-13-28-60(64(44)55)59-22-9-10-29-63(59)67(50-33-30-43(31-34-50)53-23-14-27-57-61-39-47(61)40-62(53)57)51-20-11-19-45(38-51)54-24-15-26-56-52-21-8-7-16-42(52)32-35-58(54)56/h7-41H,1-6H3. The van der Waals surface area contributed by atoms with E-state index < -0.39 is 0 Å². The second-order valence-electron chi connectivity index (χ2n) is 20.6. The molecule has 1 heteroatoms. The van der Waals surface area contributed by atoms with Gasteiger partial charge in [-0.1, -0.05) is 211 Å². The van der Waals surface area contributed by atoms with Crippen LogP contribution >= 0.6 is 0 Å². The molecule has 0 saturated carbocycles. The molecule has 0 heterocycles. The summed E-state index contributed by atoms with van der Waals surface area (Å²) in [6, 6.07) is 79.6. The third-order valence-corrected chi connectivity index (χ3v) is 14.2. The number of anilines is 3. The number of fused-ring (bicyclic) bond motifs is 7. The molecule has 0 fully saturated rings. The molecule has 0 spiro atoms. The number of para-hydroxylation sites is 1. The third-order valence-electron chi connectivity index (χ3n) is 14.2. The average molecular weight is 860 g/mol. The number of rotatable bonds is 7. The smallest absolute Gasteiger partial charge is 0.0540 e. The van der Waals surface area contributed by atoms with Crippen LogP contribution in [0.4, 0.5) is 17.1 Å². The lowest BCUT2D eigenvalue weighted by Gasteiger charge is -2.29. The van der Waals surface area contributed by atoms with Crippen LogP contribution in [0.15, 0.2) is 212 Å². The van der Waals surface area contributed by atoms with Gasteiger partial charge in [-0.25, -0.2) is 0 Å².